The van der Waals surface area contributed by atoms with Crippen LogP contribution in [0, 0.1) is 0 Å². The molecule has 0 saturated carbocycles. The van der Waals surface area contributed by atoms with Crippen LogP contribution < -0.4 is 10.1 Å². The van der Waals surface area contributed by atoms with Crippen LogP contribution in [-0.4, -0.2) is 44.1 Å². The lowest BCUT2D eigenvalue weighted by Gasteiger charge is -2.19. The maximum Gasteiger partial charge on any atom is 0.239 e. The van der Waals surface area contributed by atoms with Gasteiger partial charge in [-0.05, 0) is 50.1 Å². The Morgan fingerprint density at radius 1 is 1.07 bits per heavy atom. The molecule has 2 rings (SSSR count). The quantitative estimate of drug-likeness (QED) is 0.714. The monoisotopic (exact) mass is 390 g/mol. The first kappa shape index (κ1) is 20.9. The summed E-state index contributed by atoms with van der Waals surface area (Å²) in [5.74, 6) is 0.328. The van der Waals surface area contributed by atoms with Gasteiger partial charge in [0.1, 0.15) is 5.75 Å². The van der Waals surface area contributed by atoms with Gasteiger partial charge in [0.15, 0.2) is 0 Å². The average molecular weight is 391 g/mol. The molecule has 7 heteroatoms. The van der Waals surface area contributed by atoms with Gasteiger partial charge in [-0.3, -0.25) is 4.79 Å². The molecule has 0 fully saturated rings. The number of nitrogens with one attached hydrogen (secondary N) is 1. The number of sulfonamides is 1. The van der Waals surface area contributed by atoms with Crippen LogP contribution in [0.5, 0.6) is 5.75 Å². The lowest BCUT2D eigenvalue weighted by molar-refractivity contribution is -0.116. The highest BCUT2D eigenvalue weighted by molar-refractivity contribution is 7.88. The van der Waals surface area contributed by atoms with Crippen molar-refractivity contribution >= 4 is 21.6 Å². The zero-order valence-corrected chi connectivity index (χ0v) is 16.7. The molecular formula is C20H26N2O4S. The van der Waals surface area contributed by atoms with Crippen LogP contribution in [0.4, 0.5) is 5.69 Å². The molecule has 0 aliphatic rings. The minimum atomic E-state index is -3.49. The number of rotatable bonds is 9. The van der Waals surface area contributed by atoms with Gasteiger partial charge < -0.3 is 10.1 Å². The van der Waals surface area contributed by atoms with E-state index in [1.165, 1.54) is 4.31 Å². The Morgan fingerprint density at radius 3 is 2.26 bits per heavy atom. The van der Waals surface area contributed by atoms with E-state index in [4.69, 9.17) is 4.74 Å². The Labute approximate surface area is 161 Å². The molecule has 0 saturated heterocycles. The number of anilines is 1. The molecule has 0 unspecified atom stereocenters. The summed E-state index contributed by atoms with van der Waals surface area (Å²) in [6.07, 6.45) is 1.73. The summed E-state index contributed by atoms with van der Waals surface area (Å²) < 4.78 is 30.8. The van der Waals surface area contributed by atoms with Gasteiger partial charge in [-0.15, -0.1) is 0 Å². The van der Waals surface area contributed by atoms with E-state index in [0.717, 1.165) is 11.8 Å². The molecule has 2 aromatic carbocycles. The van der Waals surface area contributed by atoms with Crippen molar-refractivity contribution < 1.29 is 17.9 Å². The largest absolute Gasteiger partial charge is 0.491 e. The molecule has 0 bridgehead atoms. The van der Waals surface area contributed by atoms with E-state index < -0.39 is 10.0 Å². The molecule has 27 heavy (non-hydrogen) atoms. The number of carbonyl (C=O) groups excluding carboxylic acids is 1. The average Bonchev–Trinajstić information content (AvgIpc) is 2.60. The van der Waals surface area contributed by atoms with Crippen molar-refractivity contribution in [1.82, 2.24) is 4.31 Å². The highest BCUT2D eigenvalue weighted by atomic mass is 32.2. The first-order valence-corrected chi connectivity index (χ1v) is 10.6. The number of ether oxygens (including phenoxy) is 1. The Kier molecular flexibility index (Phi) is 7.38. The van der Waals surface area contributed by atoms with Gasteiger partial charge in [0.25, 0.3) is 0 Å². The smallest absolute Gasteiger partial charge is 0.239 e. The van der Waals surface area contributed by atoms with Gasteiger partial charge in [0.05, 0.1) is 18.9 Å². The fourth-order valence-electron chi connectivity index (χ4n) is 2.51. The Hall–Kier alpha value is -2.38. The molecule has 2 aromatic rings. The highest BCUT2D eigenvalue weighted by Crippen LogP contribution is 2.17. The minimum absolute atomic E-state index is 0.0679. The third kappa shape index (κ3) is 7.40. The van der Waals surface area contributed by atoms with Gasteiger partial charge in [0.2, 0.25) is 15.9 Å². The van der Waals surface area contributed by atoms with Gasteiger partial charge in [-0.2, -0.15) is 4.31 Å². The van der Waals surface area contributed by atoms with E-state index in [1.807, 2.05) is 44.2 Å². The van der Waals surface area contributed by atoms with E-state index >= 15 is 0 Å². The SMILES string of the molecule is CC(C)Oc1ccc(NC(=O)CN(CCc2ccccc2)S(C)(=O)=O)cc1. The summed E-state index contributed by atoms with van der Waals surface area (Å²) in [6.45, 7) is 3.89. The minimum Gasteiger partial charge on any atom is -0.491 e. The number of nitrogens with zero attached hydrogens (tertiary/aromatic N) is 1. The van der Waals surface area contributed by atoms with Crippen molar-refractivity contribution in [3.05, 3.63) is 60.2 Å². The van der Waals surface area contributed by atoms with E-state index in [1.54, 1.807) is 24.3 Å². The number of amides is 1. The third-order valence-electron chi connectivity index (χ3n) is 3.79. The number of hydrogen-bond donors (Lipinski definition) is 1. The fraction of sp³-hybridized carbons (Fsp3) is 0.350. The third-order valence-corrected chi connectivity index (χ3v) is 5.04. The molecule has 0 aromatic heterocycles. The van der Waals surface area contributed by atoms with E-state index in [0.29, 0.717) is 17.9 Å². The Morgan fingerprint density at radius 2 is 1.70 bits per heavy atom. The molecule has 1 amide bonds. The molecular weight excluding hydrogens is 364 g/mol. The van der Waals surface area contributed by atoms with Crippen LogP contribution in [0.15, 0.2) is 54.6 Å². The van der Waals surface area contributed by atoms with E-state index in [9.17, 15) is 13.2 Å². The number of carbonyl (C=O) groups is 1. The normalized spacial score (nSPS) is 11.6. The predicted octanol–water partition coefficient (Wildman–Crippen LogP) is 2.92. The summed E-state index contributed by atoms with van der Waals surface area (Å²) in [5.41, 5.74) is 1.61. The van der Waals surface area contributed by atoms with Crippen LogP contribution in [-0.2, 0) is 21.2 Å². The van der Waals surface area contributed by atoms with Crippen molar-refractivity contribution in [1.29, 1.82) is 0 Å². The van der Waals surface area contributed by atoms with Gasteiger partial charge >= 0.3 is 0 Å². The number of hydrogen-bond acceptors (Lipinski definition) is 4. The second-order valence-corrected chi connectivity index (χ2v) is 8.55. The summed E-state index contributed by atoms with van der Waals surface area (Å²) in [6, 6.07) is 16.6. The molecule has 6 nitrogen and oxygen atoms in total. The van der Waals surface area contributed by atoms with Crippen molar-refractivity contribution in [2.75, 3.05) is 24.7 Å². The van der Waals surface area contributed by atoms with Crippen molar-refractivity contribution in [3.8, 4) is 5.75 Å². The maximum atomic E-state index is 12.3. The summed E-state index contributed by atoms with van der Waals surface area (Å²) in [7, 11) is -3.49. The standard InChI is InChI=1S/C20H26N2O4S/c1-16(2)26-19-11-9-18(10-12-19)21-20(23)15-22(27(3,24)25)14-13-17-7-5-4-6-8-17/h4-12,16H,13-15H2,1-3H3,(H,21,23). The van der Waals surface area contributed by atoms with Crippen LogP contribution in [0.25, 0.3) is 0 Å². The van der Waals surface area contributed by atoms with E-state index in [2.05, 4.69) is 5.32 Å². The predicted molar refractivity (Wildman–Crippen MR) is 107 cm³/mol. The van der Waals surface area contributed by atoms with Crippen molar-refractivity contribution in [2.45, 2.75) is 26.4 Å². The molecule has 146 valence electrons. The van der Waals surface area contributed by atoms with Gasteiger partial charge in [-0.25, -0.2) is 8.42 Å². The van der Waals surface area contributed by atoms with Gasteiger partial charge in [0, 0.05) is 12.2 Å². The second-order valence-electron chi connectivity index (χ2n) is 6.57. The summed E-state index contributed by atoms with van der Waals surface area (Å²) >= 11 is 0. The summed E-state index contributed by atoms with van der Waals surface area (Å²) in [5, 5.41) is 2.72. The molecule has 0 aliphatic heterocycles. The molecule has 0 heterocycles. The molecule has 0 radical (unpaired) electrons. The topological polar surface area (TPSA) is 75.7 Å². The molecule has 0 spiro atoms. The van der Waals surface area contributed by atoms with E-state index in [-0.39, 0.29) is 25.1 Å². The lowest BCUT2D eigenvalue weighted by atomic mass is 10.1. The van der Waals surface area contributed by atoms with Gasteiger partial charge in [-0.1, -0.05) is 30.3 Å². The van der Waals surface area contributed by atoms with Crippen LogP contribution >= 0.6 is 0 Å². The summed E-state index contributed by atoms with van der Waals surface area (Å²) in [4.78, 5) is 12.3. The molecule has 0 atom stereocenters. The van der Waals surface area contributed by atoms with Crippen LogP contribution in [0.2, 0.25) is 0 Å². The highest BCUT2D eigenvalue weighted by Gasteiger charge is 2.20. The van der Waals surface area contributed by atoms with Crippen molar-refractivity contribution in [3.63, 3.8) is 0 Å². The van der Waals surface area contributed by atoms with Crippen LogP contribution in [0.1, 0.15) is 19.4 Å². The van der Waals surface area contributed by atoms with Crippen molar-refractivity contribution in [2.24, 2.45) is 0 Å². The maximum absolute atomic E-state index is 12.3. The first-order valence-electron chi connectivity index (χ1n) is 8.79. The zero-order chi connectivity index (χ0) is 19.9. The first-order chi connectivity index (χ1) is 12.7. The molecule has 1 N–H and O–H groups in total. The lowest BCUT2D eigenvalue weighted by Crippen LogP contribution is -2.38. The second kappa shape index (κ2) is 9.53. The fourth-order valence-corrected chi connectivity index (χ4v) is 3.28. The zero-order valence-electron chi connectivity index (χ0n) is 15.9. The molecule has 0 aliphatic carbocycles. The van der Waals surface area contributed by atoms with Crippen LogP contribution in [0.3, 0.4) is 0 Å². The Bertz CT molecular complexity index is 834. The number of benzene rings is 2. The Balaban J connectivity index is 1.95.